The number of hydrogen-bond acceptors (Lipinski definition) is 3. The van der Waals surface area contributed by atoms with Crippen molar-refractivity contribution in [2.75, 3.05) is 6.54 Å². The summed E-state index contributed by atoms with van der Waals surface area (Å²) in [5.41, 5.74) is 0. The van der Waals surface area contributed by atoms with E-state index in [9.17, 15) is 9.59 Å². The molecule has 0 bridgehead atoms. The van der Waals surface area contributed by atoms with Gasteiger partial charge in [0.2, 0.25) is 11.8 Å². The Morgan fingerprint density at radius 1 is 1.33 bits per heavy atom. The van der Waals surface area contributed by atoms with Crippen molar-refractivity contribution in [1.82, 2.24) is 10.2 Å². The van der Waals surface area contributed by atoms with Gasteiger partial charge in [-0.3, -0.25) is 14.5 Å². The molecule has 4 nitrogen and oxygen atoms in total. The van der Waals surface area contributed by atoms with Gasteiger partial charge in [-0.05, 0) is 25.7 Å². The van der Waals surface area contributed by atoms with Crippen LogP contribution in [0.3, 0.4) is 0 Å². The quantitative estimate of drug-likeness (QED) is 0.706. The Kier molecular flexibility index (Phi) is 5.79. The molecular formula is C14H26N2O2. The van der Waals surface area contributed by atoms with Gasteiger partial charge < -0.3 is 5.32 Å². The first kappa shape index (κ1) is 15.2. The Bertz CT molecular complexity index is 304. The van der Waals surface area contributed by atoms with Gasteiger partial charge in [0.25, 0.3) is 0 Å². The fourth-order valence-corrected chi connectivity index (χ4v) is 2.45. The molecule has 0 spiro atoms. The van der Waals surface area contributed by atoms with Crippen LogP contribution in [-0.2, 0) is 9.59 Å². The van der Waals surface area contributed by atoms with E-state index >= 15 is 0 Å². The van der Waals surface area contributed by atoms with Crippen molar-refractivity contribution in [2.45, 2.75) is 65.5 Å². The molecule has 3 unspecified atom stereocenters. The molecule has 2 amide bonds. The van der Waals surface area contributed by atoms with Crippen LogP contribution in [0, 0.1) is 5.92 Å². The second-order valence-electron chi connectivity index (χ2n) is 5.46. The minimum atomic E-state index is -0.303. The number of carbonyl (C=O) groups excluding carboxylic acids is 2. The summed E-state index contributed by atoms with van der Waals surface area (Å²) < 4.78 is 0. The van der Waals surface area contributed by atoms with Crippen LogP contribution < -0.4 is 5.32 Å². The maximum absolute atomic E-state index is 12.0. The molecule has 0 radical (unpaired) electrons. The van der Waals surface area contributed by atoms with Crippen LogP contribution >= 0.6 is 0 Å². The lowest BCUT2D eigenvalue weighted by atomic mass is 10.00. The highest BCUT2D eigenvalue weighted by molar-refractivity contribution is 6.05. The number of rotatable bonds is 7. The molecule has 0 aromatic rings. The molecule has 1 aliphatic rings. The van der Waals surface area contributed by atoms with Gasteiger partial charge in [-0.2, -0.15) is 0 Å². The number of likely N-dealkylation sites (tertiary alicyclic amines) is 1. The molecule has 1 heterocycles. The maximum Gasteiger partial charge on any atom is 0.246 e. The average molecular weight is 254 g/mol. The molecule has 0 saturated carbocycles. The maximum atomic E-state index is 12.0. The van der Waals surface area contributed by atoms with Crippen LogP contribution in [0.1, 0.15) is 53.4 Å². The van der Waals surface area contributed by atoms with Crippen molar-refractivity contribution in [1.29, 1.82) is 0 Å². The minimum Gasteiger partial charge on any atom is -0.303 e. The lowest BCUT2D eigenvalue weighted by molar-refractivity contribution is -0.138. The molecule has 3 atom stereocenters. The fourth-order valence-electron chi connectivity index (χ4n) is 2.45. The van der Waals surface area contributed by atoms with Crippen molar-refractivity contribution in [3.05, 3.63) is 0 Å². The van der Waals surface area contributed by atoms with Gasteiger partial charge in [0.15, 0.2) is 0 Å². The molecule has 1 aliphatic heterocycles. The van der Waals surface area contributed by atoms with Gasteiger partial charge in [-0.1, -0.05) is 27.2 Å². The number of hydrogen-bond donors (Lipinski definition) is 1. The lowest BCUT2D eigenvalue weighted by Crippen LogP contribution is -2.43. The molecule has 104 valence electrons. The summed E-state index contributed by atoms with van der Waals surface area (Å²) in [6, 6.07) is -0.0219. The third-order valence-corrected chi connectivity index (χ3v) is 3.63. The molecule has 0 aromatic carbocycles. The molecule has 1 rings (SSSR count). The summed E-state index contributed by atoms with van der Waals surface area (Å²) in [4.78, 5) is 25.1. The lowest BCUT2D eigenvalue weighted by Gasteiger charge is -2.21. The molecular weight excluding hydrogens is 228 g/mol. The zero-order valence-electron chi connectivity index (χ0n) is 12.0. The Balaban J connectivity index is 2.48. The van der Waals surface area contributed by atoms with Crippen LogP contribution in [0.5, 0.6) is 0 Å². The van der Waals surface area contributed by atoms with Gasteiger partial charge >= 0.3 is 0 Å². The number of nitrogens with zero attached hydrogens (tertiary/aromatic N) is 1. The predicted molar refractivity (Wildman–Crippen MR) is 72.1 cm³/mol. The van der Waals surface area contributed by atoms with Crippen LogP contribution in [0.4, 0.5) is 0 Å². The van der Waals surface area contributed by atoms with E-state index in [1.54, 1.807) is 0 Å². The Hall–Kier alpha value is -0.900. The second-order valence-corrected chi connectivity index (χ2v) is 5.46. The van der Waals surface area contributed by atoms with Gasteiger partial charge in [0.1, 0.15) is 0 Å². The fraction of sp³-hybridized carbons (Fsp3) is 0.857. The van der Waals surface area contributed by atoms with Gasteiger partial charge in [0.05, 0.1) is 12.5 Å². The summed E-state index contributed by atoms with van der Waals surface area (Å²) in [7, 11) is 0. The zero-order valence-corrected chi connectivity index (χ0v) is 12.0. The van der Waals surface area contributed by atoms with Crippen LogP contribution in [-0.4, -0.2) is 35.3 Å². The molecule has 1 fully saturated rings. The van der Waals surface area contributed by atoms with Gasteiger partial charge in [0, 0.05) is 12.6 Å². The first-order valence-electron chi connectivity index (χ1n) is 7.09. The monoisotopic (exact) mass is 254 g/mol. The Morgan fingerprint density at radius 2 is 2.00 bits per heavy atom. The predicted octanol–water partition coefficient (Wildman–Crippen LogP) is 1.94. The largest absolute Gasteiger partial charge is 0.303 e. The van der Waals surface area contributed by atoms with Crippen molar-refractivity contribution >= 4 is 11.8 Å². The molecule has 1 N–H and O–H groups in total. The standard InChI is InChI=1S/C14H26N2O2/c1-5-7-16-13(17)9-12(14(16)18)15-11(4)8-10(3)6-2/h10-12,15H,5-9H2,1-4H3. The van der Waals surface area contributed by atoms with Crippen molar-refractivity contribution in [2.24, 2.45) is 5.92 Å². The van der Waals surface area contributed by atoms with Crippen molar-refractivity contribution in [3.63, 3.8) is 0 Å². The molecule has 18 heavy (non-hydrogen) atoms. The third kappa shape index (κ3) is 3.80. The van der Waals surface area contributed by atoms with Crippen LogP contribution in [0.15, 0.2) is 0 Å². The summed E-state index contributed by atoms with van der Waals surface area (Å²) in [5, 5.41) is 3.30. The average Bonchev–Trinajstić information content (AvgIpc) is 2.57. The SMILES string of the molecule is CCCN1C(=O)CC(NC(C)CC(C)CC)C1=O. The van der Waals surface area contributed by atoms with Crippen LogP contribution in [0.25, 0.3) is 0 Å². The smallest absolute Gasteiger partial charge is 0.246 e. The molecule has 1 saturated heterocycles. The van der Waals surface area contributed by atoms with E-state index in [1.165, 1.54) is 4.90 Å². The summed E-state index contributed by atoms with van der Waals surface area (Å²) in [6.07, 6.45) is 3.34. The van der Waals surface area contributed by atoms with E-state index in [-0.39, 0.29) is 23.9 Å². The van der Waals surface area contributed by atoms with E-state index in [4.69, 9.17) is 0 Å². The highest BCUT2D eigenvalue weighted by Crippen LogP contribution is 2.16. The Morgan fingerprint density at radius 3 is 2.56 bits per heavy atom. The highest BCUT2D eigenvalue weighted by Gasteiger charge is 2.38. The normalized spacial score (nSPS) is 23.6. The molecule has 0 aliphatic carbocycles. The van der Waals surface area contributed by atoms with E-state index in [1.807, 2.05) is 6.92 Å². The first-order valence-corrected chi connectivity index (χ1v) is 7.09. The van der Waals surface area contributed by atoms with Crippen LogP contribution in [0.2, 0.25) is 0 Å². The highest BCUT2D eigenvalue weighted by atomic mass is 16.2. The number of carbonyl (C=O) groups is 2. The third-order valence-electron chi connectivity index (χ3n) is 3.63. The number of amides is 2. The van der Waals surface area contributed by atoms with Gasteiger partial charge in [-0.15, -0.1) is 0 Å². The van der Waals surface area contributed by atoms with E-state index in [0.29, 0.717) is 18.9 Å². The van der Waals surface area contributed by atoms with Gasteiger partial charge in [-0.25, -0.2) is 0 Å². The summed E-state index contributed by atoms with van der Waals surface area (Å²) >= 11 is 0. The molecule has 4 heteroatoms. The van der Waals surface area contributed by atoms with E-state index in [0.717, 1.165) is 19.3 Å². The zero-order chi connectivity index (χ0) is 13.7. The Labute approximate surface area is 110 Å². The van der Waals surface area contributed by atoms with E-state index in [2.05, 4.69) is 26.1 Å². The molecule has 0 aromatic heterocycles. The first-order chi connectivity index (χ1) is 8.49. The van der Waals surface area contributed by atoms with E-state index < -0.39 is 0 Å². The topological polar surface area (TPSA) is 49.4 Å². The summed E-state index contributed by atoms with van der Waals surface area (Å²) in [5.74, 6) is 0.569. The number of imide groups is 1. The van der Waals surface area contributed by atoms with Crippen molar-refractivity contribution < 1.29 is 9.59 Å². The van der Waals surface area contributed by atoms with Crippen molar-refractivity contribution in [3.8, 4) is 0 Å². The second kappa shape index (κ2) is 6.88. The summed E-state index contributed by atoms with van der Waals surface area (Å²) in [6.45, 7) is 9.00. The number of nitrogens with one attached hydrogen (secondary N) is 1. The minimum absolute atomic E-state index is 0.0323.